The average molecular weight is 297 g/mol. The standard InChI is InChI=1S/C15H20FNO4/c1-15(2,3)21-14(20)10(12(17)13(18)19)8-9-6-4-5-7-11(9)16/h4-7,10,12H,8,17H2,1-3H3,(H,18,19). The van der Waals surface area contributed by atoms with Crippen molar-refractivity contribution in [3.63, 3.8) is 0 Å². The minimum atomic E-state index is -1.46. The van der Waals surface area contributed by atoms with E-state index >= 15 is 0 Å². The molecule has 1 aromatic rings. The summed E-state index contributed by atoms with van der Waals surface area (Å²) >= 11 is 0. The third kappa shape index (κ3) is 5.15. The van der Waals surface area contributed by atoms with Crippen molar-refractivity contribution in [2.45, 2.75) is 38.8 Å². The van der Waals surface area contributed by atoms with E-state index < -0.39 is 35.3 Å². The van der Waals surface area contributed by atoms with Crippen molar-refractivity contribution in [2.24, 2.45) is 11.7 Å². The fraction of sp³-hybridized carbons (Fsp3) is 0.467. The Labute approximate surface area is 122 Å². The molecule has 0 aliphatic heterocycles. The molecule has 0 aromatic heterocycles. The van der Waals surface area contributed by atoms with E-state index in [4.69, 9.17) is 15.6 Å². The van der Waals surface area contributed by atoms with Gasteiger partial charge in [0.05, 0.1) is 5.92 Å². The topological polar surface area (TPSA) is 89.6 Å². The van der Waals surface area contributed by atoms with E-state index in [2.05, 4.69) is 0 Å². The number of carboxylic acid groups (broad SMARTS) is 1. The summed E-state index contributed by atoms with van der Waals surface area (Å²) in [6.07, 6.45) is -0.130. The Hall–Kier alpha value is -1.95. The lowest BCUT2D eigenvalue weighted by Gasteiger charge is -2.25. The summed E-state index contributed by atoms with van der Waals surface area (Å²) in [4.78, 5) is 23.2. The van der Waals surface area contributed by atoms with Gasteiger partial charge >= 0.3 is 11.9 Å². The van der Waals surface area contributed by atoms with Gasteiger partial charge in [-0.15, -0.1) is 0 Å². The number of ether oxygens (including phenoxy) is 1. The number of hydrogen-bond acceptors (Lipinski definition) is 4. The summed E-state index contributed by atoms with van der Waals surface area (Å²) in [5.41, 5.74) is 5.01. The number of carbonyl (C=O) groups excluding carboxylic acids is 1. The largest absolute Gasteiger partial charge is 0.480 e. The molecule has 0 aliphatic rings. The molecule has 0 aliphatic carbocycles. The number of hydrogen-bond donors (Lipinski definition) is 2. The van der Waals surface area contributed by atoms with Gasteiger partial charge in [0.2, 0.25) is 0 Å². The Bertz CT molecular complexity index is 525. The van der Waals surface area contributed by atoms with Crippen molar-refractivity contribution in [1.82, 2.24) is 0 Å². The lowest BCUT2D eigenvalue weighted by molar-refractivity contribution is -0.163. The third-order valence-electron chi connectivity index (χ3n) is 2.83. The van der Waals surface area contributed by atoms with Gasteiger partial charge in [-0.05, 0) is 38.8 Å². The van der Waals surface area contributed by atoms with E-state index in [0.29, 0.717) is 0 Å². The van der Waals surface area contributed by atoms with Gasteiger partial charge in [-0.1, -0.05) is 18.2 Å². The highest BCUT2D eigenvalue weighted by Crippen LogP contribution is 2.19. The molecule has 0 heterocycles. The normalized spacial score (nSPS) is 14.3. The van der Waals surface area contributed by atoms with Gasteiger partial charge in [0.15, 0.2) is 0 Å². The second-order valence-corrected chi connectivity index (χ2v) is 5.80. The van der Waals surface area contributed by atoms with Crippen LogP contribution in [0.15, 0.2) is 24.3 Å². The molecule has 2 unspecified atom stereocenters. The van der Waals surface area contributed by atoms with Gasteiger partial charge in [-0.25, -0.2) is 4.39 Å². The molecule has 0 amide bonds. The van der Waals surface area contributed by atoms with E-state index in [9.17, 15) is 14.0 Å². The maximum absolute atomic E-state index is 13.7. The predicted octanol–water partition coefficient (Wildman–Crippen LogP) is 1.74. The molecule has 3 N–H and O–H groups in total. The molecule has 0 fully saturated rings. The first-order valence-corrected chi connectivity index (χ1v) is 6.56. The smallest absolute Gasteiger partial charge is 0.321 e. The van der Waals surface area contributed by atoms with Crippen molar-refractivity contribution in [3.8, 4) is 0 Å². The zero-order chi connectivity index (χ0) is 16.2. The molecular weight excluding hydrogens is 277 g/mol. The molecule has 0 saturated heterocycles. The summed E-state index contributed by atoms with van der Waals surface area (Å²) in [6.45, 7) is 4.99. The Morgan fingerprint density at radius 3 is 2.38 bits per heavy atom. The summed E-state index contributed by atoms with van der Waals surface area (Å²) in [7, 11) is 0. The number of rotatable bonds is 5. The van der Waals surface area contributed by atoms with Crippen LogP contribution in [-0.2, 0) is 20.7 Å². The van der Waals surface area contributed by atoms with Crippen LogP contribution in [0.25, 0.3) is 0 Å². The van der Waals surface area contributed by atoms with Gasteiger partial charge in [-0.2, -0.15) is 0 Å². The molecule has 1 aromatic carbocycles. The molecule has 2 atom stereocenters. The van der Waals surface area contributed by atoms with Crippen LogP contribution in [0.2, 0.25) is 0 Å². The Kier molecular flexibility index (Phi) is 5.43. The molecule has 0 saturated carbocycles. The second kappa shape index (κ2) is 6.67. The van der Waals surface area contributed by atoms with Gasteiger partial charge in [0.1, 0.15) is 17.5 Å². The van der Waals surface area contributed by atoms with Crippen LogP contribution >= 0.6 is 0 Å². The number of nitrogens with two attached hydrogens (primary N) is 1. The van der Waals surface area contributed by atoms with Crippen molar-refractivity contribution in [3.05, 3.63) is 35.6 Å². The zero-order valence-corrected chi connectivity index (χ0v) is 12.3. The van der Waals surface area contributed by atoms with E-state index in [1.165, 1.54) is 18.2 Å². The van der Waals surface area contributed by atoms with E-state index in [1.807, 2.05) is 0 Å². The number of carboxylic acids is 1. The fourth-order valence-corrected chi connectivity index (χ4v) is 1.81. The fourth-order valence-electron chi connectivity index (χ4n) is 1.81. The van der Waals surface area contributed by atoms with Crippen LogP contribution in [0.5, 0.6) is 0 Å². The molecule has 1 rings (SSSR count). The minimum Gasteiger partial charge on any atom is -0.480 e. The third-order valence-corrected chi connectivity index (χ3v) is 2.83. The first-order chi connectivity index (χ1) is 9.61. The average Bonchev–Trinajstić information content (AvgIpc) is 2.34. The van der Waals surface area contributed by atoms with Crippen molar-refractivity contribution in [1.29, 1.82) is 0 Å². The number of benzene rings is 1. The quantitative estimate of drug-likeness (QED) is 0.808. The summed E-state index contributed by atoms with van der Waals surface area (Å²) in [5, 5.41) is 9.02. The van der Waals surface area contributed by atoms with Crippen LogP contribution in [0.4, 0.5) is 4.39 Å². The molecule has 0 spiro atoms. The monoisotopic (exact) mass is 297 g/mol. The maximum Gasteiger partial charge on any atom is 0.321 e. The molecule has 0 radical (unpaired) electrons. The summed E-state index contributed by atoms with van der Waals surface area (Å²) in [5.74, 6) is -3.75. The zero-order valence-electron chi connectivity index (χ0n) is 12.3. The van der Waals surface area contributed by atoms with Crippen LogP contribution in [0, 0.1) is 11.7 Å². The van der Waals surface area contributed by atoms with Crippen LogP contribution in [-0.4, -0.2) is 28.7 Å². The highest BCUT2D eigenvalue weighted by molar-refractivity contribution is 5.83. The highest BCUT2D eigenvalue weighted by atomic mass is 19.1. The summed E-state index contributed by atoms with van der Waals surface area (Å²) < 4.78 is 18.9. The van der Waals surface area contributed by atoms with Gasteiger partial charge in [0, 0.05) is 0 Å². The summed E-state index contributed by atoms with van der Waals surface area (Å²) in [6, 6.07) is 4.39. The van der Waals surface area contributed by atoms with Crippen LogP contribution < -0.4 is 5.73 Å². The van der Waals surface area contributed by atoms with E-state index in [1.54, 1.807) is 26.8 Å². The van der Waals surface area contributed by atoms with Gasteiger partial charge in [-0.3, -0.25) is 9.59 Å². The van der Waals surface area contributed by atoms with Crippen LogP contribution in [0.3, 0.4) is 0 Å². The maximum atomic E-state index is 13.7. The van der Waals surface area contributed by atoms with E-state index in [0.717, 1.165) is 0 Å². The Morgan fingerprint density at radius 1 is 1.33 bits per heavy atom. The molecule has 21 heavy (non-hydrogen) atoms. The SMILES string of the molecule is CC(C)(C)OC(=O)C(Cc1ccccc1F)C(N)C(=O)O. The first-order valence-electron chi connectivity index (χ1n) is 6.56. The molecule has 0 bridgehead atoms. The van der Waals surface area contributed by atoms with Crippen LogP contribution in [0.1, 0.15) is 26.3 Å². The lowest BCUT2D eigenvalue weighted by atomic mass is 9.92. The molecule has 116 valence electrons. The number of carbonyl (C=O) groups is 2. The van der Waals surface area contributed by atoms with Gasteiger partial charge < -0.3 is 15.6 Å². The Balaban J connectivity index is 3.01. The number of aliphatic carboxylic acids is 1. The number of halogens is 1. The predicted molar refractivity (Wildman–Crippen MR) is 75.1 cm³/mol. The minimum absolute atomic E-state index is 0.130. The van der Waals surface area contributed by atoms with E-state index in [-0.39, 0.29) is 12.0 Å². The highest BCUT2D eigenvalue weighted by Gasteiger charge is 2.34. The second-order valence-electron chi connectivity index (χ2n) is 5.80. The first kappa shape index (κ1) is 17.1. The lowest BCUT2D eigenvalue weighted by Crippen LogP contribution is -2.45. The van der Waals surface area contributed by atoms with Gasteiger partial charge in [0.25, 0.3) is 0 Å². The Morgan fingerprint density at radius 2 is 1.90 bits per heavy atom. The van der Waals surface area contributed by atoms with Crippen molar-refractivity contribution < 1.29 is 23.8 Å². The number of esters is 1. The van der Waals surface area contributed by atoms with Crippen molar-refractivity contribution in [2.75, 3.05) is 0 Å². The molecule has 6 heteroatoms. The molecular formula is C15H20FNO4. The molecule has 5 nitrogen and oxygen atoms in total. The van der Waals surface area contributed by atoms with Crippen molar-refractivity contribution >= 4 is 11.9 Å².